The highest BCUT2D eigenvalue weighted by Crippen LogP contribution is 2.06. The van der Waals surface area contributed by atoms with Gasteiger partial charge in [-0.2, -0.15) is 0 Å². The van der Waals surface area contributed by atoms with E-state index >= 15 is 0 Å². The number of hydrogen-bond donors (Lipinski definition) is 1. The second-order valence-electron chi connectivity index (χ2n) is 3.37. The van der Waals surface area contributed by atoms with Crippen LogP contribution < -0.4 is 5.32 Å². The third-order valence-electron chi connectivity index (χ3n) is 1.94. The van der Waals surface area contributed by atoms with E-state index in [-0.39, 0.29) is 5.91 Å². The summed E-state index contributed by atoms with van der Waals surface area (Å²) >= 11 is 0. The molecule has 1 heterocycles. The van der Waals surface area contributed by atoms with Gasteiger partial charge >= 0.3 is 0 Å². The highest BCUT2D eigenvalue weighted by molar-refractivity contribution is 5.89. The molecule has 0 aromatic carbocycles. The Morgan fingerprint density at radius 2 is 2.36 bits per heavy atom. The summed E-state index contributed by atoms with van der Waals surface area (Å²) in [7, 11) is 0. The molecule has 0 atom stereocenters. The molecule has 1 aromatic rings. The SMILES string of the molecule is CCCCC(=O)Nc1cc(C)ccn1. The van der Waals surface area contributed by atoms with E-state index in [1.165, 1.54) is 0 Å². The molecule has 0 saturated heterocycles. The molecular weight excluding hydrogens is 176 g/mol. The van der Waals surface area contributed by atoms with Gasteiger partial charge in [-0.25, -0.2) is 4.98 Å². The fourth-order valence-corrected chi connectivity index (χ4v) is 1.15. The van der Waals surface area contributed by atoms with Crippen LogP contribution in [0.15, 0.2) is 18.3 Å². The largest absolute Gasteiger partial charge is 0.311 e. The summed E-state index contributed by atoms with van der Waals surface area (Å²) in [5.74, 6) is 0.691. The number of carbonyl (C=O) groups excluding carboxylic acids is 1. The number of unbranched alkanes of at least 4 members (excludes halogenated alkanes) is 1. The lowest BCUT2D eigenvalue weighted by atomic mass is 10.2. The quantitative estimate of drug-likeness (QED) is 0.796. The van der Waals surface area contributed by atoms with Crippen LogP contribution in [0.4, 0.5) is 5.82 Å². The molecule has 14 heavy (non-hydrogen) atoms. The lowest BCUT2D eigenvalue weighted by Gasteiger charge is -2.03. The summed E-state index contributed by atoms with van der Waals surface area (Å²) in [4.78, 5) is 15.4. The fourth-order valence-electron chi connectivity index (χ4n) is 1.15. The molecule has 0 aliphatic carbocycles. The van der Waals surface area contributed by atoms with Crippen molar-refractivity contribution in [3.63, 3.8) is 0 Å². The average Bonchev–Trinajstić information content (AvgIpc) is 2.15. The van der Waals surface area contributed by atoms with E-state index in [0.29, 0.717) is 12.2 Å². The molecule has 1 rings (SSSR count). The van der Waals surface area contributed by atoms with E-state index < -0.39 is 0 Å². The molecule has 0 saturated carbocycles. The molecule has 3 nitrogen and oxygen atoms in total. The van der Waals surface area contributed by atoms with Crippen LogP contribution in [-0.2, 0) is 4.79 Å². The van der Waals surface area contributed by atoms with Crippen LogP contribution >= 0.6 is 0 Å². The van der Waals surface area contributed by atoms with Gasteiger partial charge in [0.2, 0.25) is 5.91 Å². The standard InChI is InChI=1S/C11H16N2O/c1-3-4-5-11(14)13-10-8-9(2)6-7-12-10/h6-8H,3-5H2,1-2H3,(H,12,13,14). The second kappa shape index (κ2) is 5.37. The van der Waals surface area contributed by atoms with Crippen molar-refractivity contribution in [3.05, 3.63) is 23.9 Å². The Balaban J connectivity index is 2.47. The Labute approximate surface area is 84.6 Å². The van der Waals surface area contributed by atoms with Crippen molar-refractivity contribution >= 4 is 11.7 Å². The Hall–Kier alpha value is -1.38. The predicted octanol–water partition coefficient (Wildman–Crippen LogP) is 2.52. The first kappa shape index (κ1) is 10.7. The third-order valence-corrected chi connectivity index (χ3v) is 1.94. The van der Waals surface area contributed by atoms with Crippen molar-refractivity contribution in [1.82, 2.24) is 4.98 Å². The molecule has 1 amide bonds. The number of rotatable bonds is 4. The zero-order valence-corrected chi connectivity index (χ0v) is 8.71. The van der Waals surface area contributed by atoms with Gasteiger partial charge < -0.3 is 5.32 Å². The number of hydrogen-bond acceptors (Lipinski definition) is 2. The van der Waals surface area contributed by atoms with E-state index in [9.17, 15) is 4.79 Å². The van der Waals surface area contributed by atoms with Gasteiger partial charge in [-0.05, 0) is 31.0 Å². The number of amides is 1. The van der Waals surface area contributed by atoms with Gasteiger partial charge in [-0.1, -0.05) is 13.3 Å². The van der Waals surface area contributed by atoms with Crippen molar-refractivity contribution < 1.29 is 4.79 Å². The maximum absolute atomic E-state index is 11.3. The third kappa shape index (κ3) is 3.56. The molecule has 0 spiro atoms. The zero-order chi connectivity index (χ0) is 10.4. The summed E-state index contributed by atoms with van der Waals surface area (Å²) in [5, 5.41) is 2.77. The fraction of sp³-hybridized carbons (Fsp3) is 0.455. The van der Waals surface area contributed by atoms with E-state index in [4.69, 9.17) is 0 Å². The van der Waals surface area contributed by atoms with Crippen LogP contribution in [0.2, 0.25) is 0 Å². The number of nitrogens with one attached hydrogen (secondary N) is 1. The number of nitrogens with zero attached hydrogens (tertiary/aromatic N) is 1. The summed E-state index contributed by atoms with van der Waals surface area (Å²) in [6.45, 7) is 4.04. The van der Waals surface area contributed by atoms with Crippen molar-refractivity contribution in [3.8, 4) is 0 Å². The monoisotopic (exact) mass is 192 g/mol. The van der Waals surface area contributed by atoms with E-state index in [1.54, 1.807) is 6.20 Å². The molecule has 0 radical (unpaired) electrons. The lowest BCUT2D eigenvalue weighted by Crippen LogP contribution is -2.11. The molecule has 1 aromatic heterocycles. The maximum atomic E-state index is 11.3. The van der Waals surface area contributed by atoms with Crippen molar-refractivity contribution in [2.45, 2.75) is 33.1 Å². The van der Waals surface area contributed by atoms with Gasteiger partial charge in [0.15, 0.2) is 0 Å². The van der Waals surface area contributed by atoms with Gasteiger partial charge in [0.05, 0.1) is 0 Å². The van der Waals surface area contributed by atoms with Crippen LogP contribution in [-0.4, -0.2) is 10.9 Å². The number of aromatic nitrogens is 1. The molecule has 3 heteroatoms. The summed E-state index contributed by atoms with van der Waals surface area (Å²) in [6, 6.07) is 3.77. The second-order valence-corrected chi connectivity index (χ2v) is 3.37. The molecule has 0 unspecified atom stereocenters. The van der Waals surface area contributed by atoms with Crippen LogP contribution in [0.3, 0.4) is 0 Å². The first-order valence-electron chi connectivity index (χ1n) is 4.95. The molecule has 0 bridgehead atoms. The van der Waals surface area contributed by atoms with E-state index in [2.05, 4.69) is 17.2 Å². The van der Waals surface area contributed by atoms with Crippen LogP contribution in [0.1, 0.15) is 31.7 Å². The van der Waals surface area contributed by atoms with Gasteiger partial charge in [-0.3, -0.25) is 4.79 Å². The molecule has 76 valence electrons. The van der Waals surface area contributed by atoms with Crippen LogP contribution in [0.25, 0.3) is 0 Å². The minimum atomic E-state index is 0.0463. The van der Waals surface area contributed by atoms with E-state index in [1.807, 2.05) is 19.1 Å². The number of aryl methyl sites for hydroxylation is 1. The highest BCUT2D eigenvalue weighted by atomic mass is 16.1. The first-order chi connectivity index (χ1) is 6.72. The van der Waals surface area contributed by atoms with Crippen molar-refractivity contribution in [2.75, 3.05) is 5.32 Å². The normalized spacial score (nSPS) is 9.86. The maximum Gasteiger partial charge on any atom is 0.225 e. The molecular formula is C11H16N2O. The van der Waals surface area contributed by atoms with E-state index in [0.717, 1.165) is 18.4 Å². The summed E-state index contributed by atoms with van der Waals surface area (Å²) in [5.41, 5.74) is 1.10. The minimum absolute atomic E-state index is 0.0463. The van der Waals surface area contributed by atoms with Crippen LogP contribution in [0.5, 0.6) is 0 Å². The number of pyridine rings is 1. The smallest absolute Gasteiger partial charge is 0.225 e. The Morgan fingerprint density at radius 3 is 3.00 bits per heavy atom. The highest BCUT2D eigenvalue weighted by Gasteiger charge is 2.01. The number of carbonyl (C=O) groups is 1. The zero-order valence-electron chi connectivity index (χ0n) is 8.71. The Bertz CT molecular complexity index is 310. The summed E-state index contributed by atoms with van der Waals surface area (Å²) in [6.07, 6.45) is 4.24. The molecule has 1 N–H and O–H groups in total. The van der Waals surface area contributed by atoms with Gasteiger partial charge in [0, 0.05) is 12.6 Å². The first-order valence-corrected chi connectivity index (χ1v) is 4.95. The van der Waals surface area contributed by atoms with Crippen molar-refractivity contribution in [1.29, 1.82) is 0 Å². The van der Waals surface area contributed by atoms with Gasteiger partial charge in [0.1, 0.15) is 5.82 Å². The van der Waals surface area contributed by atoms with Crippen molar-refractivity contribution in [2.24, 2.45) is 0 Å². The molecule has 0 fully saturated rings. The van der Waals surface area contributed by atoms with Gasteiger partial charge in [-0.15, -0.1) is 0 Å². The number of anilines is 1. The Morgan fingerprint density at radius 1 is 1.57 bits per heavy atom. The molecule has 0 aliphatic heterocycles. The molecule has 0 aliphatic rings. The lowest BCUT2D eigenvalue weighted by molar-refractivity contribution is -0.116. The Kier molecular flexibility index (Phi) is 4.11. The summed E-state index contributed by atoms with van der Waals surface area (Å²) < 4.78 is 0. The minimum Gasteiger partial charge on any atom is -0.311 e. The van der Waals surface area contributed by atoms with Gasteiger partial charge in [0.25, 0.3) is 0 Å². The predicted molar refractivity (Wildman–Crippen MR) is 57.1 cm³/mol. The topological polar surface area (TPSA) is 42.0 Å². The van der Waals surface area contributed by atoms with Crippen LogP contribution in [0, 0.1) is 6.92 Å². The average molecular weight is 192 g/mol.